The zero-order valence-electron chi connectivity index (χ0n) is 17.1. The van der Waals surface area contributed by atoms with Crippen molar-refractivity contribution < 1.29 is 22.7 Å². The zero-order chi connectivity index (χ0) is 21.8. The van der Waals surface area contributed by atoms with Crippen LogP contribution in [-0.2, 0) is 6.18 Å². The monoisotopic (exact) mass is 434 g/mol. The fraction of sp³-hybridized carbons (Fsp3) is 0.500. The van der Waals surface area contributed by atoms with E-state index >= 15 is 0 Å². The molecule has 0 unspecified atom stereocenters. The Morgan fingerprint density at radius 1 is 0.968 bits per heavy atom. The Bertz CT molecular complexity index is 890. The average Bonchev–Trinajstić information content (AvgIpc) is 2.79. The van der Waals surface area contributed by atoms with E-state index in [4.69, 9.17) is 4.74 Å². The lowest BCUT2D eigenvalue weighted by molar-refractivity contribution is -0.137. The van der Waals surface area contributed by atoms with E-state index < -0.39 is 17.6 Å². The zero-order valence-corrected chi connectivity index (χ0v) is 17.1. The third-order valence-electron chi connectivity index (χ3n) is 5.79. The number of anilines is 1. The van der Waals surface area contributed by atoms with Gasteiger partial charge in [0, 0.05) is 37.8 Å². The van der Waals surface area contributed by atoms with Gasteiger partial charge in [0.05, 0.1) is 5.56 Å². The minimum absolute atomic E-state index is 0.0484. The summed E-state index contributed by atoms with van der Waals surface area (Å²) in [6.07, 6.45) is 1.45. The number of halogens is 3. The molecule has 9 heteroatoms. The van der Waals surface area contributed by atoms with E-state index in [1.165, 1.54) is 31.4 Å². The summed E-state index contributed by atoms with van der Waals surface area (Å²) in [5.74, 6) is 0.823. The molecule has 1 aliphatic carbocycles. The fourth-order valence-corrected chi connectivity index (χ4v) is 4.05. The largest absolute Gasteiger partial charge is 0.473 e. The smallest absolute Gasteiger partial charge is 0.416 e. The number of nitrogens with zero attached hydrogens (tertiary/aromatic N) is 4. The summed E-state index contributed by atoms with van der Waals surface area (Å²) in [4.78, 5) is 16.2. The minimum atomic E-state index is -4.47. The van der Waals surface area contributed by atoms with Crippen molar-refractivity contribution >= 4 is 11.7 Å². The summed E-state index contributed by atoms with van der Waals surface area (Å²) in [7, 11) is 0. The minimum Gasteiger partial charge on any atom is -0.473 e. The van der Waals surface area contributed by atoms with Crippen LogP contribution in [0.3, 0.4) is 0 Å². The van der Waals surface area contributed by atoms with Gasteiger partial charge in [-0.3, -0.25) is 4.79 Å². The molecule has 0 atom stereocenters. The Hall–Kier alpha value is -2.84. The number of rotatable bonds is 4. The quantitative estimate of drug-likeness (QED) is 0.723. The molecule has 1 saturated heterocycles. The molecule has 1 saturated carbocycles. The van der Waals surface area contributed by atoms with E-state index in [1.807, 2.05) is 17.0 Å². The van der Waals surface area contributed by atoms with Gasteiger partial charge in [-0.1, -0.05) is 12.5 Å². The number of amides is 1. The van der Waals surface area contributed by atoms with Gasteiger partial charge in [0.1, 0.15) is 6.10 Å². The van der Waals surface area contributed by atoms with Crippen LogP contribution in [-0.4, -0.2) is 53.3 Å². The molecule has 4 rings (SSSR count). The first-order chi connectivity index (χ1) is 14.9. The highest BCUT2D eigenvalue weighted by Gasteiger charge is 2.32. The van der Waals surface area contributed by atoms with Crippen LogP contribution >= 0.6 is 0 Å². The molecule has 1 aromatic carbocycles. The Balaban J connectivity index is 1.32. The van der Waals surface area contributed by atoms with Gasteiger partial charge in [-0.05, 0) is 49.9 Å². The summed E-state index contributed by atoms with van der Waals surface area (Å²) in [6, 6.07) is 8.23. The SMILES string of the molecule is O=C(c1cccc(C(F)(F)F)c1)N1CCN(c2ccc(OC3CCCCC3)nn2)CC1. The molecule has 1 amide bonds. The number of benzene rings is 1. The van der Waals surface area contributed by atoms with E-state index in [-0.39, 0.29) is 11.7 Å². The summed E-state index contributed by atoms with van der Waals surface area (Å²) in [6.45, 7) is 1.86. The molecule has 166 valence electrons. The van der Waals surface area contributed by atoms with E-state index in [2.05, 4.69) is 10.2 Å². The molecule has 31 heavy (non-hydrogen) atoms. The highest BCUT2D eigenvalue weighted by molar-refractivity contribution is 5.94. The molecule has 0 spiro atoms. The van der Waals surface area contributed by atoms with Crippen LogP contribution < -0.4 is 9.64 Å². The van der Waals surface area contributed by atoms with Gasteiger partial charge in [-0.25, -0.2) is 0 Å². The molecule has 1 aromatic heterocycles. The standard InChI is InChI=1S/C22H25F3N4O2/c23-22(24,25)17-6-4-5-16(15-17)21(30)29-13-11-28(12-14-29)19-9-10-20(27-26-19)31-18-7-2-1-3-8-18/h4-6,9-10,15,18H,1-3,7-8,11-14H2. The van der Waals surface area contributed by atoms with E-state index in [9.17, 15) is 18.0 Å². The van der Waals surface area contributed by atoms with Crippen molar-refractivity contribution in [2.24, 2.45) is 0 Å². The van der Waals surface area contributed by atoms with Crippen molar-refractivity contribution in [1.29, 1.82) is 0 Å². The van der Waals surface area contributed by atoms with Crippen LogP contribution in [0.2, 0.25) is 0 Å². The lowest BCUT2D eigenvalue weighted by Gasteiger charge is -2.35. The molecule has 0 bridgehead atoms. The number of hydrogen-bond acceptors (Lipinski definition) is 5. The van der Waals surface area contributed by atoms with Crippen molar-refractivity contribution in [3.8, 4) is 5.88 Å². The van der Waals surface area contributed by atoms with Crippen LogP contribution in [0.15, 0.2) is 36.4 Å². The van der Waals surface area contributed by atoms with Crippen molar-refractivity contribution in [2.45, 2.75) is 44.4 Å². The van der Waals surface area contributed by atoms with Gasteiger partial charge < -0.3 is 14.5 Å². The normalized spacial score (nSPS) is 18.2. The van der Waals surface area contributed by atoms with Crippen molar-refractivity contribution in [3.63, 3.8) is 0 Å². The van der Waals surface area contributed by atoms with Crippen molar-refractivity contribution in [1.82, 2.24) is 15.1 Å². The van der Waals surface area contributed by atoms with E-state index in [1.54, 1.807) is 4.90 Å². The number of aromatic nitrogens is 2. The molecule has 2 aliphatic rings. The first kappa shape index (κ1) is 21.4. The molecule has 0 radical (unpaired) electrons. The molecule has 2 aromatic rings. The topological polar surface area (TPSA) is 58.6 Å². The Morgan fingerprint density at radius 3 is 2.35 bits per heavy atom. The molecule has 2 fully saturated rings. The second kappa shape index (κ2) is 9.11. The number of carbonyl (C=O) groups excluding carboxylic acids is 1. The number of carbonyl (C=O) groups is 1. The van der Waals surface area contributed by atoms with E-state index in [0.29, 0.717) is 37.9 Å². The Morgan fingerprint density at radius 2 is 1.71 bits per heavy atom. The average molecular weight is 434 g/mol. The summed E-state index contributed by atoms with van der Waals surface area (Å²) in [5, 5.41) is 8.44. The number of alkyl halides is 3. The molecular weight excluding hydrogens is 409 g/mol. The number of piperazine rings is 1. The molecule has 0 N–H and O–H groups in total. The predicted molar refractivity (Wildman–Crippen MR) is 109 cm³/mol. The fourth-order valence-electron chi connectivity index (χ4n) is 4.05. The first-order valence-electron chi connectivity index (χ1n) is 10.6. The summed E-state index contributed by atoms with van der Waals surface area (Å²) < 4.78 is 44.7. The van der Waals surface area contributed by atoms with Gasteiger partial charge in [0.25, 0.3) is 5.91 Å². The maximum atomic E-state index is 12.9. The van der Waals surface area contributed by atoms with Gasteiger partial charge in [-0.2, -0.15) is 13.2 Å². The van der Waals surface area contributed by atoms with Crippen molar-refractivity contribution in [2.75, 3.05) is 31.1 Å². The van der Waals surface area contributed by atoms with Gasteiger partial charge in [0.2, 0.25) is 5.88 Å². The highest BCUT2D eigenvalue weighted by atomic mass is 19.4. The summed E-state index contributed by atoms with van der Waals surface area (Å²) >= 11 is 0. The third-order valence-corrected chi connectivity index (χ3v) is 5.79. The van der Waals surface area contributed by atoms with Gasteiger partial charge in [0.15, 0.2) is 5.82 Å². The number of ether oxygens (including phenoxy) is 1. The predicted octanol–water partition coefficient (Wildman–Crippen LogP) is 4.17. The van der Waals surface area contributed by atoms with Crippen LogP contribution in [0, 0.1) is 0 Å². The second-order valence-corrected chi connectivity index (χ2v) is 7.97. The molecule has 2 heterocycles. The van der Waals surface area contributed by atoms with Crippen LogP contribution in [0.25, 0.3) is 0 Å². The molecule has 1 aliphatic heterocycles. The Labute approximate surface area is 179 Å². The second-order valence-electron chi connectivity index (χ2n) is 7.97. The Kier molecular flexibility index (Phi) is 6.29. The van der Waals surface area contributed by atoms with Crippen LogP contribution in [0.4, 0.5) is 19.0 Å². The van der Waals surface area contributed by atoms with Crippen LogP contribution in [0.1, 0.15) is 48.0 Å². The maximum Gasteiger partial charge on any atom is 0.416 e. The maximum absolute atomic E-state index is 12.9. The van der Waals surface area contributed by atoms with Crippen molar-refractivity contribution in [3.05, 3.63) is 47.5 Å². The van der Waals surface area contributed by atoms with Crippen LogP contribution in [0.5, 0.6) is 5.88 Å². The first-order valence-corrected chi connectivity index (χ1v) is 10.6. The third kappa shape index (κ3) is 5.26. The number of hydrogen-bond donors (Lipinski definition) is 0. The van der Waals surface area contributed by atoms with Gasteiger partial charge >= 0.3 is 6.18 Å². The van der Waals surface area contributed by atoms with Gasteiger partial charge in [-0.15, -0.1) is 10.2 Å². The van der Waals surface area contributed by atoms with E-state index in [0.717, 1.165) is 25.0 Å². The lowest BCUT2D eigenvalue weighted by Crippen LogP contribution is -2.49. The highest BCUT2D eigenvalue weighted by Crippen LogP contribution is 2.30. The summed E-state index contributed by atoms with van der Waals surface area (Å²) in [5.41, 5.74) is -0.768. The molecular formula is C22H25F3N4O2. The molecule has 6 nitrogen and oxygen atoms in total. The lowest BCUT2D eigenvalue weighted by atomic mass is 9.98.